The van der Waals surface area contributed by atoms with Gasteiger partial charge in [0.2, 0.25) is 0 Å². The van der Waals surface area contributed by atoms with Crippen molar-refractivity contribution in [2.75, 3.05) is 0 Å². The number of amides is 1. The van der Waals surface area contributed by atoms with Crippen molar-refractivity contribution in [3.05, 3.63) is 46.9 Å². The monoisotopic (exact) mass is 439 g/mol. The van der Waals surface area contributed by atoms with E-state index in [1.54, 1.807) is 0 Å². The van der Waals surface area contributed by atoms with E-state index in [4.69, 9.17) is 0 Å². The van der Waals surface area contributed by atoms with E-state index >= 15 is 0 Å². The van der Waals surface area contributed by atoms with Gasteiger partial charge in [0, 0.05) is 22.9 Å². The van der Waals surface area contributed by atoms with Crippen LogP contribution in [-0.4, -0.2) is 39.4 Å². The first kappa shape index (κ1) is 21.8. The number of nitrogens with zero attached hydrogens (tertiary/aromatic N) is 1. The third-order valence-electron chi connectivity index (χ3n) is 6.80. The van der Waals surface area contributed by atoms with Gasteiger partial charge >= 0.3 is 6.18 Å². The van der Waals surface area contributed by atoms with Crippen LogP contribution in [0.1, 0.15) is 67.8 Å². The Morgan fingerprint density at radius 3 is 2.07 bits per heavy atom. The molecule has 0 aromatic heterocycles. The highest BCUT2D eigenvalue weighted by Gasteiger charge is 2.51. The maximum absolute atomic E-state index is 13.2. The number of aliphatic hydroxyl groups is 1. The van der Waals surface area contributed by atoms with Crippen molar-refractivity contribution in [2.24, 2.45) is 5.92 Å². The van der Waals surface area contributed by atoms with Gasteiger partial charge < -0.3 is 10.0 Å². The molecule has 1 N–H and O–H groups in total. The normalized spacial score (nSPS) is 28.9. The van der Waals surface area contributed by atoms with Gasteiger partial charge in [0.15, 0.2) is 5.60 Å². The van der Waals surface area contributed by atoms with Crippen LogP contribution in [0.2, 0.25) is 0 Å². The lowest BCUT2D eigenvalue weighted by Crippen LogP contribution is -2.44. The van der Waals surface area contributed by atoms with Crippen LogP contribution in [0.5, 0.6) is 0 Å². The average Bonchev–Trinajstić information content (AvgIpc) is 3.39. The zero-order valence-electron chi connectivity index (χ0n) is 17.1. The lowest BCUT2D eigenvalue weighted by molar-refractivity contribution is -0.258. The minimum Gasteiger partial charge on any atom is -0.376 e. The van der Waals surface area contributed by atoms with Crippen LogP contribution in [0.4, 0.5) is 13.2 Å². The Hall–Kier alpha value is -1.47. The summed E-state index contributed by atoms with van der Waals surface area (Å²) in [6, 6.07) is 5.72. The van der Waals surface area contributed by atoms with E-state index in [2.05, 4.69) is 11.5 Å². The number of thioether (sulfide) groups is 1. The van der Waals surface area contributed by atoms with Crippen molar-refractivity contribution in [1.29, 1.82) is 0 Å². The molecule has 0 radical (unpaired) electrons. The third kappa shape index (κ3) is 4.28. The Morgan fingerprint density at radius 1 is 1.03 bits per heavy atom. The van der Waals surface area contributed by atoms with Crippen LogP contribution in [0.15, 0.2) is 35.7 Å². The number of hydrogen-bond acceptors (Lipinski definition) is 3. The Kier molecular flexibility index (Phi) is 5.96. The van der Waals surface area contributed by atoms with E-state index in [0.717, 1.165) is 51.9 Å². The summed E-state index contributed by atoms with van der Waals surface area (Å²) in [6.07, 6.45) is 4.81. The van der Waals surface area contributed by atoms with Crippen molar-refractivity contribution in [2.45, 2.75) is 81.0 Å². The second-order valence-electron chi connectivity index (χ2n) is 8.94. The second-order valence-corrected chi connectivity index (χ2v) is 10.1. The molecule has 1 heterocycles. The molecule has 0 bridgehead atoms. The second kappa shape index (κ2) is 8.23. The number of hydrogen-bond donors (Lipinski definition) is 1. The number of benzene rings is 1. The molecule has 1 amide bonds. The van der Waals surface area contributed by atoms with Gasteiger partial charge in [-0.3, -0.25) is 4.79 Å². The fourth-order valence-electron chi connectivity index (χ4n) is 4.69. The summed E-state index contributed by atoms with van der Waals surface area (Å²) in [6.45, 7) is 0.733. The van der Waals surface area contributed by atoms with E-state index in [9.17, 15) is 23.1 Å². The number of rotatable bonds is 5. The maximum Gasteiger partial charge on any atom is 0.421 e. The molecule has 4 rings (SSSR count). The summed E-state index contributed by atoms with van der Waals surface area (Å²) in [4.78, 5) is 15.2. The summed E-state index contributed by atoms with van der Waals surface area (Å²) in [5, 5.41) is 12.7. The predicted molar refractivity (Wildman–Crippen MR) is 112 cm³/mol. The van der Waals surface area contributed by atoms with Gasteiger partial charge in [0.25, 0.3) is 5.91 Å². The van der Waals surface area contributed by atoms with Gasteiger partial charge in [-0.2, -0.15) is 13.2 Å². The minimum atomic E-state index is -4.77. The molecule has 1 aromatic carbocycles. The maximum atomic E-state index is 13.2. The van der Waals surface area contributed by atoms with Gasteiger partial charge in [-0.05, 0) is 80.9 Å². The summed E-state index contributed by atoms with van der Waals surface area (Å²) in [5.74, 6) is 0.595. The Labute approximate surface area is 179 Å². The molecule has 7 heteroatoms. The van der Waals surface area contributed by atoms with Gasteiger partial charge in [-0.25, -0.2) is 0 Å². The molecule has 2 saturated carbocycles. The zero-order chi connectivity index (χ0) is 21.5. The third-order valence-corrected chi connectivity index (χ3v) is 8.08. The lowest BCUT2D eigenvalue weighted by atomic mass is 9.82. The molecule has 1 aliphatic heterocycles. The molecule has 1 unspecified atom stereocenters. The molecule has 2 fully saturated rings. The fourth-order valence-corrected chi connectivity index (χ4v) is 5.83. The van der Waals surface area contributed by atoms with E-state index < -0.39 is 11.8 Å². The van der Waals surface area contributed by atoms with Gasteiger partial charge in [0.1, 0.15) is 0 Å². The number of halogens is 3. The zero-order valence-corrected chi connectivity index (χ0v) is 17.9. The van der Waals surface area contributed by atoms with Crippen molar-refractivity contribution in [1.82, 2.24) is 4.90 Å². The van der Waals surface area contributed by atoms with Crippen LogP contribution in [0.25, 0.3) is 0 Å². The average molecular weight is 440 g/mol. The molecule has 2 atom stereocenters. The lowest BCUT2D eigenvalue weighted by Gasteiger charge is -2.38. The molecule has 0 spiro atoms. The Morgan fingerprint density at radius 2 is 1.60 bits per heavy atom. The Balaban J connectivity index is 1.44. The van der Waals surface area contributed by atoms with Crippen molar-refractivity contribution in [3.63, 3.8) is 0 Å². The first-order valence-corrected chi connectivity index (χ1v) is 11.7. The fraction of sp³-hybridized carbons (Fsp3) is 0.609. The highest BCUT2D eigenvalue weighted by molar-refractivity contribution is 8.03. The largest absolute Gasteiger partial charge is 0.421 e. The predicted octanol–water partition coefficient (Wildman–Crippen LogP) is 5.64. The summed E-state index contributed by atoms with van der Waals surface area (Å²) in [5.41, 5.74) is -2.80. The van der Waals surface area contributed by atoms with Crippen LogP contribution in [-0.2, 0) is 5.60 Å². The van der Waals surface area contributed by atoms with Crippen molar-refractivity contribution >= 4 is 17.7 Å². The molecular formula is C23H28F3NO2S. The standard InChI is InChI=1S/C23H28F3NO2S/c1-22(29,23(24,25)26)17-8-4-16(5-9-17)21(28)27(19-12-13-19)18-10-6-15(7-11-18)20-3-2-14-30-20/h2,4-5,8-9,14-15,18-20,29H,3,6-7,10-13H2,1H3/t15-,18-,20?,22-/m0/s1. The molecule has 1 aromatic rings. The highest BCUT2D eigenvalue weighted by Crippen LogP contribution is 2.42. The summed E-state index contributed by atoms with van der Waals surface area (Å²) >= 11 is 1.92. The van der Waals surface area contributed by atoms with Gasteiger partial charge in [-0.1, -0.05) is 18.2 Å². The number of alkyl halides is 3. The van der Waals surface area contributed by atoms with Crippen LogP contribution < -0.4 is 0 Å². The van der Waals surface area contributed by atoms with E-state index in [1.807, 2.05) is 16.7 Å². The highest BCUT2D eigenvalue weighted by atomic mass is 32.2. The molecule has 164 valence electrons. The number of carbonyl (C=O) groups excluding carboxylic acids is 1. The number of carbonyl (C=O) groups is 1. The molecule has 3 aliphatic rings. The topological polar surface area (TPSA) is 40.5 Å². The van der Waals surface area contributed by atoms with E-state index in [-0.39, 0.29) is 23.6 Å². The van der Waals surface area contributed by atoms with Crippen molar-refractivity contribution < 1.29 is 23.1 Å². The SMILES string of the molecule is C[C@](O)(c1ccc(C(=O)N(C2CC2)[C@H]2CC[C@H](C3CC=CS3)CC2)cc1)C(F)(F)F. The first-order valence-electron chi connectivity index (χ1n) is 10.7. The summed E-state index contributed by atoms with van der Waals surface area (Å²) < 4.78 is 39.2. The number of allylic oxidation sites excluding steroid dienone is 1. The van der Waals surface area contributed by atoms with Crippen LogP contribution in [0, 0.1) is 5.92 Å². The summed E-state index contributed by atoms with van der Waals surface area (Å²) in [7, 11) is 0. The van der Waals surface area contributed by atoms with Crippen molar-refractivity contribution in [3.8, 4) is 0 Å². The van der Waals surface area contributed by atoms with Crippen LogP contribution in [0.3, 0.4) is 0 Å². The minimum absolute atomic E-state index is 0.101. The molecule has 30 heavy (non-hydrogen) atoms. The van der Waals surface area contributed by atoms with Gasteiger partial charge in [-0.15, -0.1) is 11.8 Å². The Bertz CT molecular complexity index is 786. The molecule has 2 aliphatic carbocycles. The van der Waals surface area contributed by atoms with Crippen LogP contribution >= 0.6 is 11.8 Å². The molecule has 0 saturated heterocycles. The molecular weight excluding hydrogens is 411 g/mol. The van der Waals surface area contributed by atoms with E-state index in [1.165, 1.54) is 24.3 Å². The quantitative estimate of drug-likeness (QED) is 0.646. The van der Waals surface area contributed by atoms with Gasteiger partial charge in [0.05, 0.1) is 0 Å². The smallest absolute Gasteiger partial charge is 0.376 e. The molecule has 3 nitrogen and oxygen atoms in total. The first-order chi connectivity index (χ1) is 14.2. The van der Waals surface area contributed by atoms with E-state index in [0.29, 0.717) is 16.7 Å².